The number of hydrogen-bond acceptors (Lipinski definition) is 4. The Morgan fingerprint density at radius 1 is 1.13 bits per heavy atom. The van der Waals surface area contributed by atoms with Gasteiger partial charge < -0.3 is 9.71 Å². The van der Waals surface area contributed by atoms with E-state index in [4.69, 9.17) is 0 Å². The maximum atomic E-state index is 13.6. The SMILES string of the molecule is Fc1ccccc1NSc1ccc2nc(-c3ccsc3)[nH]c2c1. The highest BCUT2D eigenvalue weighted by atomic mass is 32.2. The maximum Gasteiger partial charge on any atom is 0.147 e. The minimum atomic E-state index is -0.262. The van der Waals surface area contributed by atoms with Crippen LogP contribution in [-0.4, -0.2) is 9.97 Å². The first-order chi connectivity index (χ1) is 11.3. The first kappa shape index (κ1) is 14.3. The van der Waals surface area contributed by atoms with Crippen molar-refractivity contribution in [2.45, 2.75) is 4.90 Å². The van der Waals surface area contributed by atoms with Crippen LogP contribution >= 0.6 is 23.3 Å². The molecule has 4 rings (SSSR count). The molecule has 0 radical (unpaired) electrons. The molecule has 2 N–H and O–H groups in total. The molecule has 0 amide bonds. The maximum absolute atomic E-state index is 13.6. The number of imidazole rings is 1. The van der Waals surface area contributed by atoms with Crippen LogP contribution in [0.1, 0.15) is 0 Å². The molecule has 6 heteroatoms. The monoisotopic (exact) mass is 341 g/mol. The Bertz CT molecular complexity index is 948. The van der Waals surface area contributed by atoms with Crippen LogP contribution in [0.5, 0.6) is 0 Å². The topological polar surface area (TPSA) is 40.7 Å². The number of halogens is 1. The first-order valence-electron chi connectivity index (χ1n) is 6.99. The quantitative estimate of drug-likeness (QED) is 0.478. The fraction of sp³-hybridized carbons (Fsp3) is 0. The highest BCUT2D eigenvalue weighted by Crippen LogP contribution is 2.27. The van der Waals surface area contributed by atoms with Crippen molar-refractivity contribution in [2.24, 2.45) is 0 Å². The van der Waals surface area contributed by atoms with E-state index >= 15 is 0 Å². The molecule has 0 unspecified atom stereocenters. The van der Waals surface area contributed by atoms with Crippen LogP contribution in [0, 0.1) is 5.82 Å². The lowest BCUT2D eigenvalue weighted by molar-refractivity contribution is 0.632. The van der Waals surface area contributed by atoms with Crippen LogP contribution in [-0.2, 0) is 0 Å². The molecule has 2 aromatic carbocycles. The Morgan fingerprint density at radius 2 is 2.04 bits per heavy atom. The number of para-hydroxylation sites is 1. The van der Waals surface area contributed by atoms with E-state index in [-0.39, 0.29) is 5.82 Å². The van der Waals surface area contributed by atoms with E-state index in [1.165, 1.54) is 18.0 Å². The number of benzene rings is 2. The molecule has 2 aromatic heterocycles. The first-order valence-corrected chi connectivity index (χ1v) is 8.75. The lowest BCUT2D eigenvalue weighted by Crippen LogP contribution is -1.90. The summed E-state index contributed by atoms with van der Waals surface area (Å²) in [4.78, 5) is 8.91. The van der Waals surface area contributed by atoms with E-state index in [1.807, 2.05) is 29.6 Å². The van der Waals surface area contributed by atoms with Gasteiger partial charge >= 0.3 is 0 Å². The molecule has 23 heavy (non-hydrogen) atoms. The molecular weight excluding hydrogens is 329 g/mol. The summed E-state index contributed by atoms with van der Waals surface area (Å²) in [5.74, 6) is 0.604. The van der Waals surface area contributed by atoms with Gasteiger partial charge in [0.1, 0.15) is 11.6 Å². The smallest absolute Gasteiger partial charge is 0.147 e. The zero-order valence-corrected chi connectivity index (χ0v) is 13.5. The molecular formula is C17H12FN3S2. The van der Waals surface area contributed by atoms with Crippen molar-refractivity contribution in [1.82, 2.24) is 9.97 Å². The third kappa shape index (κ3) is 2.95. The van der Waals surface area contributed by atoms with E-state index in [0.29, 0.717) is 5.69 Å². The Labute approximate surface area is 140 Å². The van der Waals surface area contributed by atoms with Crippen molar-refractivity contribution in [3.63, 3.8) is 0 Å². The molecule has 0 spiro atoms. The number of aromatic amines is 1. The summed E-state index contributed by atoms with van der Waals surface area (Å²) in [5, 5.41) is 4.09. The predicted octanol–water partition coefficient (Wildman–Crippen LogP) is 5.55. The molecule has 0 saturated carbocycles. The van der Waals surface area contributed by atoms with Gasteiger partial charge in [0, 0.05) is 15.8 Å². The standard InChI is InChI=1S/C17H12FN3S2/c18-13-3-1-2-4-14(13)21-23-12-5-6-15-16(9-12)20-17(19-15)11-7-8-22-10-11/h1-10,21H,(H,19,20). The number of nitrogens with one attached hydrogen (secondary N) is 2. The average molecular weight is 341 g/mol. The van der Waals surface area contributed by atoms with Crippen molar-refractivity contribution in [1.29, 1.82) is 0 Å². The molecule has 0 bridgehead atoms. The molecule has 114 valence electrons. The third-order valence-corrected chi connectivity index (χ3v) is 4.90. The molecule has 0 aliphatic carbocycles. The van der Waals surface area contributed by atoms with Crippen molar-refractivity contribution < 1.29 is 4.39 Å². The molecule has 4 aromatic rings. The molecule has 0 saturated heterocycles. The highest BCUT2D eigenvalue weighted by molar-refractivity contribution is 8.00. The van der Waals surface area contributed by atoms with Crippen molar-refractivity contribution in [3.8, 4) is 11.4 Å². The van der Waals surface area contributed by atoms with Crippen LogP contribution in [0.2, 0.25) is 0 Å². The van der Waals surface area contributed by atoms with Crippen LogP contribution in [0.15, 0.2) is 64.2 Å². The molecule has 0 atom stereocenters. The van der Waals surface area contributed by atoms with E-state index < -0.39 is 0 Å². The summed E-state index contributed by atoms with van der Waals surface area (Å²) in [6.45, 7) is 0. The van der Waals surface area contributed by atoms with Gasteiger partial charge in [0.05, 0.1) is 16.7 Å². The Kier molecular flexibility index (Phi) is 3.77. The second-order valence-electron chi connectivity index (χ2n) is 4.96. The van der Waals surface area contributed by atoms with Gasteiger partial charge in [-0.1, -0.05) is 12.1 Å². The van der Waals surface area contributed by atoms with Gasteiger partial charge in [-0.05, 0) is 53.7 Å². The number of anilines is 1. The normalized spacial score (nSPS) is 11.0. The Hall–Kier alpha value is -2.31. The number of aromatic nitrogens is 2. The Balaban J connectivity index is 1.58. The Morgan fingerprint density at radius 3 is 2.87 bits per heavy atom. The summed E-state index contributed by atoms with van der Waals surface area (Å²) < 4.78 is 16.7. The van der Waals surface area contributed by atoms with Gasteiger partial charge in [0.15, 0.2) is 0 Å². The number of H-pyrrole nitrogens is 1. The minimum absolute atomic E-state index is 0.262. The average Bonchev–Trinajstić information content (AvgIpc) is 3.22. The lowest BCUT2D eigenvalue weighted by atomic mass is 10.3. The van der Waals surface area contributed by atoms with E-state index in [0.717, 1.165) is 27.3 Å². The summed E-state index contributed by atoms with van der Waals surface area (Å²) in [7, 11) is 0. The third-order valence-electron chi connectivity index (χ3n) is 3.40. The van der Waals surface area contributed by atoms with E-state index in [2.05, 4.69) is 20.1 Å². The lowest BCUT2D eigenvalue weighted by Gasteiger charge is -2.06. The molecule has 0 aliphatic heterocycles. The minimum Gasteiger partial charge on any atom is -0.338 e. The number of hydrogen-bond donors (Lipinski definition) is 2. The zero-order chi connectivity index (χ0) is 15.6. The number of rotatable bonds is 4. The van der Waals surface area contributed by atoms with Gasteiger partial charge in [0.25, 0.3) is 0 Å². The largest absolute Gasteiger partial charge is 0.338 e. The van der Waals surface area contributed by atoms with Crippen LogP contribution < -0.4 is 4.72 Å². The van der Waals surface area contributed by atoms with Crippen LogP contribution in [0.25, 0.3) is 22.4 Å². The summed E-state index contributed by atoms with van der Waals surface area (Å²) in [6, 6.07) is 14.6. The molecule has 2 heterocycles. The molecule has 0 fully saturated rings. The zero-order valence-electron chi connectivity index (χ0n) is 11.9. The molecule has 0 aliphatic rings. The van der Waals surface area contributed by atoms with Crippen LogP contribution in [0.4, 0.5) is 10.1 Å². The van der Waals surface area contributed by atoms with Crippen molar-refractivity contribution >= 4 is 40.0 Å². The second kappa shape index (κ2) is 6.06. The fourth-order valence-electron chi connectivity index (χ4n) is 2.25. The number of fused-ring (bicyclic) bond motifs is 1. The summed E-state index contributed by atoms with van der Waals surface area (Å²) in [6.07, 6.45) is 0. The van der Waals surface area contributed by atoms with Gasteiger partial charge in [-0.25, -0.2) is 9.37 Å². The second-order valence-corrected chi connectivity index (χ2v) is 6.62. The van der Waals surface area contributed by atoms with Gasteiger partial charge in [-0.2, -0.15) is 11.3 Å². The van der Waals surface area contributed by atoms with E-state index in [1.54, 1.807) is 29.5 Å². The highest BCUT2D eigenvalue weighted by Gasteiger charge is 2.07. The number of thiophene rings is 1. The summed E-state index contributed by atoms with van der Waals surface area (Å²) >= 11 is 3.02. The van der Waals surface area contributed by atoms with E-state index in [9.17, 15) is 4.39 Å². The van der Waals surface area contributed by atoms with Gasteiger partial charge in [-0.3, -0.25) is 0 Å². The number of nitrogens with zero attached hydrogens (tertiary/aromatic N) is 1. The van der Waals surface area contributed by atoms with Crippen molar-refractivity contribution in [3.05, 3.63) is 65.1 Å². The molecule has 3 nitrogen and oxygen atoms in total. The predicted molar refractivity (Wildman–Crippen MR) is 95.3 cm³/mol. The fourth-order valence-corrected chi connectivity index (χ4v) is 3.59. The van der Waals surface area contributed by atoms with Crippen molar-refractivity contribution in [2.75, 3.05) is 4.72 Å². The van der Waals surface area contributed by atoms with Gasteiger partial charge in [-0.15, -0.1) is 0 Å². The van der Waals surface area contributed by atoms with Gasteiger partial charge in [0.2, 0.25) is 0 Å². The summed E-state index contributed by atoms with van der Waals surface area (Å²) in [5.41, 5.74) is 3.44. The van der Waals surface area contributed by atoms with Crippen LogP contribution in [0.3, 0.4) is 0 Å².